The first-order chi connectivity index (χ1) is 11.0. The fraction of sp³-hybridized carbons (Fsp3) is 0.579. The van der Waals surface area contributed by atoms with Gasteiger partial charge >= 0.3 is 0 Å². The normalized spacial score (nSPS) is 19.5. The number of nitrogens with one attached hydrogen (secondary N) is 1. The van der Waals surface area contributed by atoms with Crippen LogP contribution in [0.15, 0.2) is 30.3 Å². The van der Waals surface area contributed by atoms with Crippen molar-refractivity contribution in [1.29, 1.82) is 0 Å². The van der Waals surface area contributed by atoms with Crippen LogP contribution in [0.25, 0.3) is 0 Å². The summed E-state index contributed by atoms with van der Waals surface area (Å²) in [5.74, 6) is 0.539. The van der Waals surface area contributed by atoms with E-state index >= 15 is 0 Å². The number of amides is 2. The highest BCUT2D eigenvalue weighted by molar-refractivity contribution is 5.82. The van der Waals surface area contributed by atoms with Crippen LogP contribution in [-0.4, -0.2) is 35.8 Å². The molecule has 126 valence electrons. The van der Waals surface area contributed by atoms with Gasteiger partial charge in [0.15, 0.2) is 0 Å². The number of carbonyl (C=O) groups excluding carboxylic acids is 2. The van der Waals surface area contributed by atoms with Crippen LogP contribution in [0, 0.1) is 11.8 Å². The number of likely N-dealkylation sites (tertiary alicyclic amines) is 1. The number of piperidine rings is 1. The fourth-order valence-corrected chi connectivity index (χ4v) is 2.81. The molecule has 1 saturated heterocycles. The minimum Gasteiger partial charge on any atom is -0.353 e. The van der Waals surface area contributed by atoms with E-state index in [4.69, 9.17) is 0 Å². The predicted octanol–water partition coefficient (Wildman–Crippen LogP) is 2.63. The smallest absolute Gasteiger partial charge is 0.227 e. The average molecular weight is 316 g/mol. The summed E-state index contributed by atoms with van der Waals surface area (Å²) < 4.78 is 0. The molecule has 0 saturated carbocycles. The minimum atomic E-state index is -0.0790. The summed E-state index contributed by atoms with van der Waals surface area (Å²) in [5.41, 5.74) is 1.03. The molecule has 0 aliphatic carbocycles. The molecule has 2 unspecified atom stereocenters. The van der Waals surface area contributed by atoms with Crippen molar-refractivity contribution in [2.45, 2.75) is 46.1 Å². The van der Waals surface area contributed by atoms with E-state index in [1.54, 1.807) is 0 Å². The molecule has 0 aromatic heterocycles. The van der Waals surface area contributed by atoms with E-state index in [2.05, 4.69) is 19.2 Å². The fourth-order valence-electron chi connectivity index (χ4n) is 2.81. The lowest BCUT2D eigenvalue weighted by Crippen LogP contribution is -2.48. The van der Waals surface area contributed by atoms with Crippen molar-refractivity contribution in [3.8, 4) is 0 Å². The van der Waals surface area contributed by atoms with Crippen molar-refractivity contribution in [1.82, 2.24) is 10.2 Å². The van der Waals surface area contributed by atoms with Gasteiger partial charge in [-0.1, -0.05) is 44.2 Å². The summed E-state index contributed by atoms with van der Waals surface area (Å²) in [7, 11) is 0. The Morgan fingerprint density at radius 1 is 1.22 bits per heavy atom. The van der Waals surface area contributed by atoms with Gasteiger partial charge in [-0.15, -0.1) is 0 Å². The Morgan fingerprint density at radius 3 is 2.57 bits per heavy atom. The molecule has 1 aliphatic heterocycles. The topological polar surface area (TPSA) is 49.4 Å². The monoisotopic (exact) mass is 316 g/mol. The van der Waals surface area contributed by atoms with Crippen molar-refractivity contribution in [3.63, 3.8) is 0 Å². The van der Waals surface area contributed by atoms with Crippen LogP contribution in [-0.2, 0) is 16.0 Å². The molecule has 1 aromatic carbocycles. The van der Waals surface area contributed by atoms with E-state index < -0.39 is 0 Å². The minimum absolute atomic E-state index is 0.0790. The lowest BCUT2D eigenvalue weighted by atomic mass is 9.95. The first-order valence-electron chi connectivity index (χ1n) is 8.59. The zero-order valence-electron chi connectivity index (χ0n) is 14.4. The maximum atomic E-state index is 12.5. The van der Waals surface area contributed by atoms with E-state index in [1.807, 2.05) is 42.2 Å². The van der Waals surface area contributed by atoms with Crippen LogP contribution >= 0.6 is 0 Å². The molecule has 2 amide bonds. The third-order valence-electron chi connectivity index (χ3n) is 4.71. The van der Waals surface area contributed by atoms with Crippen molar-refractivity contribution >= 4 is 11.8 Å². The first kappa shape index (κ1) is 17.5. The zero-order chi connectivity index (χ0) is 16.8. The summed E-state index contributed by atoms with van der Waals surface area (Å²) in [6.45, 7) is 7.53. The van der Waals surface area contributed by atoms with Crippen LogP contribution in [0.1, 0.15) is 39.2 Å². The second-order valence-corrected chi connectivity index (χ2v) is 6.88. The summed E-state index contributed by atoms with van der Waals surface area (Å²) in [6.07, 6.45) is 2.18. The summed E-state index contributed by atoms with van der Waals surface area (Å²) in [6, 6.07) is 9.95. The summed E-state index contributed by atoms with van der Waals surface area (Å²) in [5, 5.41) is 3.08. The lowest BCUT2D eigenvalue weighted by molar-refractivity contribution is -0.135. The molecule has 0 bridgehead atoms. The molecule has 0 spiro atoms. The maximum absolute atomic E-state index is 12.5. The van der Waals surface area contributed by atoms with Gasteiger partial charge < -0.3 is 10.2 Å². The van der Waals surface area contributed by atoms with E-state index in [0.29, 0.717) is 18.9 Å². The van der Waals surface area contributed by atoms with E-state index in [0.717, 1.165) is 24.9 Å². The van der Waals surface area contributed by atoms with E-state index in [-0.39, 0.29) is 23.8 Å². The predicted molar refractivity (Wildman–Crippen MR) is 91.9 cm³/mol. The van der Waals surface area contributed by atoms with Crippen LogP contribution in [0.5, 0.6) is 0 Å². The van der Waals surface area contributed by atoms with Gasteiger partial charge in [0.2, 0.25) is 11.8 Å². The Morgan fingerprint density at radius 2 is 1.91 bits per heavy atom. The van der Waals surface area contributed by atoms with Gasteiger partial charge in [0.05, 0.1) is 12.3 Å². The summed E-state index contributed by atoms with van der Waals surface area (Å²) >= 11 is 0. The van der Waals surface area contributed by atoms with Crippen molar-refractivity contribution in [2.75, 3.05) is 13.1 Å². The Hall–Kier alpha value is -1.84. The number of benzene rings is 1. The third kappa shape index (κ3) is 5.08. The number of hydrogen-bond acceptors (Lipinski definition) is 2. The quantitative estimate of drug-likeness (QED) is 0.908. The van der Waals surface area contributed by atoms with Gasteiger partial charge in [-0.05, 0) is 31.2 Å². The molecule has 1 heterocycles. The molecule has 0 radical (unpaired) electrons. The zero-order valence-corrected chi connectivity index (χ0v) is 14.4. The molecular weight excluding hydrogens is 288 g/mol. The first-order valence-corrected chi connectivity index (χ1v) is 8.59. The van der Waals surface area contributed by atoms with Gasteiger partial charge in [-0.3, -0.25) is 9.59 Å². The molecular formula is C19H28N2O2. The Kier molecular flexibility index (Phi) is 6.20. The highest BCUT2D eigenvalue weighted by Gasteiger charge is 2.29. The molecule has 4 nitrogen and oxygen atoms in total. The number of nitrogens with zero attached hydrogens (tertiary/aromatic N) is 1. The molecule has 1 fully saturated rings. The van der Waals surface area contributed by atoms with E-state index in [9.17, 15) is 9.59 Å². The number of rotatable bonds is 5. The molecule has 23 heavy (non-hydrogen) atoms. The molecule has 1 N–H and O–H groups in total. The van der Waals surface area contributed by atoms with Crippen LogP contribution in [0.2, 0.25) is 0 Å². The second kappa shape index (κ2) is 8.14. The van der Waals surface area contributed by atoms with Gasteiger partial charge in [0, 0.05) is 19.1 Å². The average Bonchev–Trinajstić information content (AvgIpc) is 2.55. The molecule has 4 heteroatoms. The van der Waals surface area contributed by atoms with Gasteiger partial charge in [-0.25, -0.2) is 0 Å². The molecule has 2 rings (SSSR count). The molecule has 1 aliphatic rings. The van der Waals surface area contributed by atoms with Crippen LogP contribution < -0.4 is 5.32 Å². The Bertz CT molecular complexity index is 527. The number of hydrogen-bond donors (Lipinski definition) is 1. The molecule has 2 atom stereocenters. The summed E-state index contributed by atoms with van der Waals surface area (Å²) in [4.78, 5) is 26.7. The maximum Gasteiger partial charge on any atom is 0.227 e. The van der Waals surface area contributed by atoms with Crippen LogP contribution in [0.4, 0.5) is 0 Å². The standard InChI is InChI=1S/C19H28N2O2/c1-14(2)15(3)20-19(23)17-10-7-11-21(13-17)18(22)12-16-8-5-4-6-9-16/h4-6,8-9,14-15,17H,7,10-13H2,1-3H3,(H,20,23). The van der Waals surface area contributed by atoms with Crippen molar-refractivity contribution < 1.29 is 9.59 Å². The number of carbonyl (C=O) groups is 2. The van der Waals surface area contributed by atoms with E-state index in [1.165, 1.54) is 0 Å². The van der Waals surface area contributed by atoms with Crippen LogP contribution in [0.3, 0.4) is 0 Å². The third-order valence-corrected chi connectivity index (χ3v) is 4.71. The largest absolute Gasteiger partial charge is 0.353 e. The van der Waals surface area contributed by atoms with Gasteiger partial charge in [0.1, 0.15) is 0 Å². The highest BCUT2D eigenvalue weighted by Crippen LogP contribution is 2.18. The highest BCUT2D eigenvalue weighted by atomic mass is 16.2. The van der Waals surface area contributed by atoms with Gasteiger partial charge in [-0.2, -0.15) is 0 Å². The lowest BCUT2D eigenvalue weighted by Gasteiger charge is -2.33. The van der Waals surface area contributed by atoms with Gasteiger partial charge in [0.25, 0.3) is 0 Å². The molecule has 1 aromatic rings. The van der Waals surface area contributed by atoms with Crippen molar-refractivity contribution in [2.24, 2.45) is 11.8 Å². The Balaban J connectivity index is 1.90. The Labute approximate surface area is 139 Å². The SMILES string of the molecule is CC(C)C(C)NC(=O)C1CCCN(C(=O)Cc2ccccc2)C1. The second-order valence-electron chi connectivity index (χ2n) is 6.88. The van der Waals surface area contributed by atoms with Crippen molar-refractivity contribution in [3.05, 3.63) is 35.9 Å².